The molecule has 2 atom stereocenters. The van der Waals surface area contributed by atoms with Crippen molar-refractivity contribution in [3.05, 3.63) is 35.4 Å². The van der Waals surface area contributed by atoms with Crippen LogP contribution in [0.4, 0.5) is 0 Å². The molecule has 0 heterocycles. The molecule has 0 aliphatic carbocycles. The van der Waals surface area contributed by atoms with Crippen molar-refractivity contribution < 1.29 is 9.53 Å². The minimum absolute atomic E-state index is 0.0475. The average Bonchev–Trinajstić information content (AvgIpc) is 2.37. The second kappa shape index (κ2) is 6.64. The van der Waals surface area contributed by atoms with Crippen LogP contribution in [0.5, 0.6) is 0 Å². The van der Waals surface area contributed by atoms with Crippen LogP contribution in [0.15, 0.2) is 24.3 Å². The zero-order valence-corrected chi connectivity index (χ0v) is 12.2. The maximum absolute atomic E-state index is 12.3. The van der Waals surface area contributed by atoms with E-state index in [0.717, 1.165) is 11.1 Å². The standard InChI is InChI=1S/C15H20O2S/c1-5-17-15(18)12(4)11(3)14(16)13-8-6-10(2)7-9-13/h6-9,11-12H,5H2,1-4H3. The van der Waals surface area contributed by atoms with Crippen LogP contribution in [-0.2, 0) is 4.74 Å². The van der Waals surface area contributed by atoms with Gasteiger partial charge in [0.25, 0.3) is 0 Å². The lowest BCUT2D eigenvalue weighted by atomic mass is 9.88. The molecule has 0 saturated carbocycles. The Bertz CT molecular complexity index is 423. The number of carbonyl (C=O) groups excluding carboxylic acids is 1. The largest absolute Gasteiger partial charge is 0.487 e. The van der Waals surface area contributed by atoms with Crippen molar-refractivity contribution in [3.63, 3.8) is 0 Å². The smallest absolute Gasteiger partial charge is 0.166 e. The highest BCUT2D eigenvalue weighted by atomic mass is 32.1. The van der Waals surface area contributed by atoms with E-state index in [9.17, 15) is 4.79 Å². The molecule has 0 aliphatic rings. The molecule has 98 valence electrons. The summed E-state index contributed by atoms with van der Waals surface area (Å²) in [5.41, 5.74) is 1.89. The molecule has 0 spiro atoms. The molecule has 0 aromatic heterocycles. The van der Waals surface area contributed by atoms with E-state index in [1.807, 2.05) is 52.0 Å². The van der Waals surface area contributed by atoms with Crippen molar-refractivity contribution in [2.75, 3.05) is 6.61 Å². The number of ketones is 1. The van der Waals surface area contributed by atoms with Gasteiger partial charge in [-0.05, 0) is 26.1 Å². The number of hydrogen-bond donors (Lipinski definition) is 0. The molecule has 0 aliphatic heterocycles. The summed E-state index contributed by atoms with van der Waals surface area (Å²) in [5, 5.41) is 0.519. The van der Waals surface area contributed by atoms with Gasteiger partial charge in [-0.3, -0.25) is 4.79 Å². The van der Waals surface area contributed by atoms with Gasteiger partial charge in [0.05, 0.1) is 6.61 Å². The molecular weight excluding hydrogens is 244 g/mol. The Kier molecular flexibility index (Phi) is 5.48. The third kappa shape index (κ3) is 3.64. The van der Waals surface area contributed by atoms with Crippen LogP contribution in [0.25, 0.3) is 0 Å². The maximum atomic E-state index is 12.3. The number of thiocarbonyl (C=S) groups is 1. The van der Waals surface area contributed by atoms with Gasteiger partial charge in [0, 0.05) is 17.4 Å². The second-order valence-electron chi connectivity index (χ2n) is 4.56. The quantitative estimate of drug-likeness (QED) is 0.597. The van der Waals surface area contributed by atoms with Crippen LogP contribution in [0, 0.1) is 18.8 Å². The molecule has 0 amide bonds. The van der Waals surface area contributed by atoms with Crippen molar-refractivity contribution in [3.8, 4) is 0 Å². The third-order valence-electron chi connectivity index (χ3n) is 3.16. The predicted molar refractivity (Wildman–Crippen MR) is 78.1 cm³/mol. The highest BCUT2D eigenvalue weighted by Gasteiger charge is 2.25. The number of aryl methyl sites for hydroxylation is 1. The topological polar surface area (TPSA) is 26.3 Å². The fraction of sp³-hybridized carbons (Fsp3) is 0.467. The van der Waals surface area contributed by atoms with E-state index in [-0.39, 0.29) is 17.6 Å². The molecule has 1 aromatic rings. The molecule has 0 fully saturated rings. The van der Waals surface area contributed by atoms with Gasteiger partial charge in [0.15, 0.2) is 10.8 Å². The van der Waals surface area contributed by atoms with Gasteiger partial charge in [-0.2, -0.15) is 0 Å². The predicted octanol–water partition coefficient (Wildman–Crippen LogP) is 3.81. The fourth-order valence-electron chi connectivity index (χ4n) is 1.69. The van der Waals surface area contributed by atoms with Gasteiger partial charge in [-0.15, -0.1) is 0 Å². The van der Waals surface area contributed by atoms with Gasteiger partial charge in [-0.25, -0.2) is 0 Å². The van der Waals surface area contributed by atoms with Gasteiger partial charge < -0.3 is 4.74 Å². The molecular formula is C15H20O2S. The second-order valence-corrected chi connectivity index (χ2v) is 4.96. The Labute approximate surface area is 114 Å². The van der Waals surface area contributed by atoms with Crippen molar-refractivity contribution in [2.45, 2.75) is 27.7 Å². The Morgan fingerprint density at radius 1 is 1.22 bits per heavy atom. The third-order valence-corrected chi connectivity index (χ3v) is 3.65. The van der Waals surface area contributed by atoms with Crippen LogP contribution in [0.1, 0.15) is 36.7 Å². The Hall–Kier alpha value is -1.22. The van der Waals surface area contributed by atoms with E-state index in [4.69, 9.17) is 17.0 Å². The lowest BCUT2D eigenvalue weighted by Gasteiger charge is -2.19. The number of hydrogen-bond acceptors (Lipinski definition) is 3. The minimum Gasteiger partial charge on any atom is -0.487 e. The number of Topliss-reactive ketones (excluding diaryl/α,β-unsaturated/α-hetero) is 1. The highest BCUT2D eigenvalue weighted by molar-refractivity contribution is 7.80. The minimum atomic E-state index is -0.160. The number of carbonyl (C=O) groups is 1. The average molecular weight is 264 g/mol. The van der Waals surface area contributed by atoms with Crippen LogP contribution in [-0.4, -0.2) is 17.4 Å². The molecule has 1 aromatic carbocycles. The number of benzene rings is 1. The van der Waals surface area contributed by atoms with Crippen LogP contribution >= 0.6 is 12.2 Å². The number of ether oxygens (including phenoxy) is 1. The fourth-order valence-corrected chi connectivity index (χ4v) is 2.01. The summed E-state index contributed by atoms with van der Waals surface area (Å²) in [6, 6.07) is 7.63. The summed E-state index contributed by atoms with van der Waals surface area (Å²) in [7, 11) is 0. The normalized spacial score (nSPS) is 13.8. The van der Waals surface area contributed by atoms with Crippen molar-refractivity contribution in [2.24, 2.45) is 11.8 Å². The van der Waals surface area contributed by atoms with Gasteiger partial charge in [0.1, 0.15) is 0 Å². The highest BCUT2D eigenvalue weighted by Crippen LogP contribution is 2.19. The number of rotatable bonds is 5. The molecule has 0 bridgehead atoms. The Balaban J connectivity index is 2.77. The zero-order chi connectivity index (χ0) is 13.7. The van der Waals surface area contributed by atoms with E-state index in [2.05, 4.69) is 0 Å². The molecule has 0 N–H and O–H groups in total. The van der Waals surface area contributed by atoms with Crippen LogP contribution < -0.4 is 0 Å². The molecule has 2 nitrogen and oxygen atoms in total. The van der Waals surface area contributed by atoms with Crippen LogP contribution in [0.3, 0.4) is 0 Å². The lowest BCUT2D eigenvalue weighted by molar-refractivity contribution is 0.0905. The first-order valence-corrected chi connectivity index (χ1v) is 6.65. The molecule has 2 unspecified atom stereocenters. The summed E-state index contributed by atoms with van der Waals surface area (Å²) < 4.78 is 5.31. The van der Waals surface area contributed by atoms with Crippen LogP contribution in [0.2, 0.25) is 0 Å². The van der Waals surface area contributed by atoms with E-state index in [1.54, 1.807) is 0 Å². The van der Waals surface area contributed by atoms with Gasteiger partial charge in [-0.1, -0.05) is 43.7 Å². The molecule has 18 heavy (non-hydrogen) atoms. The summed E-state index contributed by atoms with van der Waals surface area (Å²) in [4.78, 5) is 12.3. The molecule has 3 heteroatoms. The van der Waals surface area contributed by atoms with Gasteiger partial charge in [0.2, 0.25) is 0 Å². The van der Waals surface area contributed by atoms with E-state index >= 15 is 0 Å². The molecule has 1 rings (SSSR count). The Morgan fingerprint density at radius 3 is 2.28 bits per heavy atom. The van der Waals surface area contributed by atoms with Crippen molar-refractivity contribution >= 4 is 23.1 Å². The first-order chi connectivity index (χ1) is 8.47. The van der Waals surface area contributed by atoms with E-state index in [0.29, 0.717) is 11.7 Å². The van der Waals surface area contributed by atoms with E-state index < -0.39 is 0 Å². The summed E-state index contributed by atoms with van der Waals surface area (Å²) >= 11 is 5.17. The lowest BCUT2D eigenvalue weighted by Crippen LogP contribution is -2.26. The van der Waals surface area contributed by atoms with Crippen molar-refractivity contribution in [1.29, 1.82) is 0 Å². The van der Waals surface area contributed by atoms with Crippen molar-refractivity contribution in [1.82, 2.24) is 0 Å². The summed E-state index contributed by atoms with van der Waals surface area (Å²) in [6.45, 7) is 8.29. The summed E-state index contributed by atoms with van der Waals surface area (Å²) in [6.07, 6.45) is 0. The molecule has 0 saturated heterocycles. The zero-order valence-electron chi connectivity index (χ0n) is 11.4. The maximum Gasteiger partial charge on any atom is 0.166 e. The van der Waals surface area contributed by atoms with E-state index in [1.165, 1.54) is 0 Å². The summed E-state index contributed by atoms with van der Waals surface area (Å²) in [5.74, 6) is -0.0925. The monoisotopic (exact) mass is 264 g/mol. The molecule has 0 radical (unpaired) electrons. The first kappa shape index (κ1) is 14.8. The first-order valence-electron chi connectivity index (χ1n) is 6.24. The SMILES string of the molecule is CCOC(=S)C(C)C(C)C(=O)c1ccc(C)cc1. The Morgan fingerprint density at radius 2 is 1.78 bits per heavy atom. The van der Waals surface area contributed by atoms with Gasteiger partial charge >= 0.3 is 0 Å².